The van der Waals surface area contributed by atoms with Gasteiger partial charge in [0.1, 0.15) is 5.01 Å². The lowest BCUT2D eigenvalue weighted by Crippen LogP contribution is -2.38. The van der Waals surface area contributed by atoms with E-state index in [2.05, 4.69) is 27.3 Å². The van der Waals surface area contributed by atoms with Crippen LogP contribution in [0, 0.1) is 5.92 Å². The molecule has 0 saturated carbocycles. The van der Waals surface area contributed by atoms with Crippen molar-refractivity contribution in [2.24, 2.45) is 5.92 Å². The predicted octanol–water partition coefficient (Wildman–Crippen LogP) is 2.40. The first kappa shape index (κ1) is 14.2. The van der Waals surface area contributed by atoms with Crippen LogP contribution < -0.4 is 5.32 Å². The Morgan fingerprint density at radius 1 is 1.50 bits per heavy atom. The second-order valence-electron chi connectivity index (χ2n) is 4.90. The predicted molar refractivity (Wildman–Crippen MR) is 76.1 cm³/mol. The van der Waals surface area contributed by atoms with Crippen molar-refractivity contribution in [2.45, 2.75) is 32.7 Å². The van der Waals surface area contributed by atoms with Gasteiger partial charge >= 0.3 is 0 Å². The second-order valence-corrected chi connectivity index (χ2v) is 6.54. The molecule has 1 saturated heterocycles. The van der Waals surface area contributed by atoms with Gasteiger partial charge in [-0.05, 0) is 56.4 Å². The Hall–Kier alpha value is -0.230. The molecule has 1 fully saturated rings. The smallest absolute Gasteiger partial charge is 0.207 e. The number of hydrogen-bond donors (Lipinski definition) is 1. The van der Waals surface area contributed by atoms with E-state index >= 15 is 0 Å². The summed E-state index contributed by atoms with van der Waals surface area (Å²) in [5.74, 6) is 0.772. The van der Waals surface area contributed by atoms with E-state index in [0.717, 1.165) is 37.1 Å². The van der Waals surface area contributed by atoms with Crippen LogP contribution in [-0.2, 0) is 6.54 Å². The molecule has 2 rings (SSSR count). The summed E-state index contributed by atoms with van der Waals surface area (Å²) in [7, 11) is 0. The molecule has 2 heterocycles. The Morgan fingerprint density at radius 3 is 3.00 bits per heavy atom. The zero-order chi connectivity index (χ0) is 12.8. The van der Waals surface area contributed by atoms with Crippen LogP contribution in [0.15, 0.2) is 0 Å². The van der Waals surface area contributed by atoms with Gasteiger partial charge in [-0.25, -0.2) is 0 Å². The van der Waals surface area contributed by atoms with Crippen LogP contribution in [0.5, 0.6) is 0 Å². The molecule has 1 aliphatic heterocycles. The lowest BCUT2D eigenvalue weighted by Gasteiger charge is -2.29. The third kappa shape index (κ3) is 4.46. The van der Waals surface area contributed by atoms with Gasteiger partial charge in [-0.15, -0.1) is 10.2 Å². The van der Waals surface area contributed by atoms with Crippen molar-refractivity contribution < 1.29 is 0 Å². The van der Waals surface area contributed by atoms with E-state index in [1.54, 1.807) is 0 Å². The number of aromatic nitrogens is 2. The second kappa shape index (κ2) is 7.38. The normalized spacial score (nSPS) is 20.5. The topological polar surface area (TPSA) is 41.1 Å². The first-order valence-corrected chi connectivity index (χ1v) is 7.88. The minimum atomic E-state index is 0.542. The number of nitrogens with zero attached hydrogens (tertiary/aromatic N) is 3. The van der Waals surface area contributed by atoms with Crippen LogP contribution in [0.2, 0.25) is 4.47 Å². The molecule has 1 N–H and O–H groups in total. The van der Waals surface area contributed by atoms with E-state index in [1.165, 1.54) is 37.1 Å². The maximum atomic E-state index is 5.83. The summed E-state index contributed by atoms with van der Waals surface area (Å²) in [6.07, 6.45) is 3.81. The molecule has 0 radical (unpaired) electrons. The van der Waals surface area contributed by atoms with Crippen molar-refractivity contribution in [1.82, 2.24) is 20.4 Å². The number of nitrogens with one attached hydrogen (secondary N) is 1. The Labute approximate surface area is 118 Å². The fourth-order valence-corrected chi connectivity index (χ4v) is 3.39. The zero-order valence-electron chi connectivity index (χ0n) is 10.9. The van der Waals surface area contributed by atoms with Crippen LogP contribution in [-0.4, -0.2) is 41.3 Å². The maximum absolute atomic E-state index is 5.83. The van der Waals surface area contributed by atoms with Crippen LogP contribution in [0.1, 0.15) is 31.2 Å². The number of piperidine rings is 1. The molecule has 0 aliphatic carbocycles. The molecule has 1 unspecified atom stereocenters. The summed E-state index contributed by atoms with van der Waals surface area (Å²) in [5, 5.41) is 12.5. The van der Waals surface area contributed by atoms with E-state index < -0.39 is 0 Å². The molecular formula is C12H21ClN4S. The van der Waals surface area contributed by atoms with Crippen LogP contribution in [0.25, 0.3) is 0 Å². The molecule has 0 spiro atoms. The van der Waals surface area contributed by atoms with E-state index in [9.17, 15) is 0 Å². The quantitative estimate of drug-likeness (QED) is 0.873. The van der Waals surface area contributed by atoms with Crippen molar-refractivity contribution in [3.63, 3.8) is 0 Å². The average molecular weight is 289 g/mol. The van der Waals surface area contributed by atoms with Crippen LogP contribution in [0.3, 0.4) is 0 Å². The van der Waals surface area contributed by atoms with Gasteiger partial charge in [-0.3, -0.25) is 4.90 Å². The first-order valence-electron chi connectivity index (χ1n) is 6.69. The highest BCUT2D eigenvalue weighted by Gasteiger charge is 2.17. The van der Waals surface area contributed by atoms with Gasteiger partial charge < -0.3 is 5.32 Å². The molecule has 1 aliphatic rings. The molecule has 6 heteroatoms. The van der Waals surface area contributed by atoms with E-state index in [-0.39, 0.29) is 0 Å². The number of halogens is 1. The Morgan fingerprint density at radius 2 is 2.39 bits per heavy atom. The van der Waals surface area contributed by atoms with Crippen molar-refractivity contribution in [3.8, 4) is 0 Å². The van der Waals surface area contributed by atoms with E-state index in [0.29, 0.717) is 4.47 Å². The molecular weight excluding hydrogens is 268 g/mol. The SMILES string of the molecule is CCCN(Cc1nnc(Cl)s1)CC1CCCNC1. The van der Waals surface area contributed by atoms with Gasteiger partial charge in [0.15, 0.2) is 0 Å². The van der Waals surface area contributed by atoms with E-state index in [1.807, 2.05) is 0 Å². The van der Waals surface area contributed by atoms with Gasteiger partial charge in [0.05, 0.1) is 6.54 Å². The number of hydrogen-bond acceptors (Lipinski definition) is 5. The fourth-order valence-electron chi connectivity index (χ4n) is 2.48. The molecule has 1 aromatic heterocycles. The minimum Gasteiger partial charge on any atom is -0.316 e. The van der Waals surface area contributed by atoms with Gasteiger partial charge in [0.2, 0.25) is 4.47 Å². The van der Waals surface area contributed by atoms with Crippen molar-refractivity contribution in [1.29, 1.82) is 0 Å². The van der Waals surface area contributed by atoms with Crippen molar-refractivity contribution >= 4 is 22.9 Å². The van der Waals surface area contributed by atoms with Crippen molar-refractivity contribution in [2.75, 3.05) is 26.2 Å². The summed E-state index contributed by atoms with van der Waals surface area (Å²) >= 11 is 7.32. The summed E-state index contributed by atoms with van der Waals surface area (Å²) in [5.41, 5.74) is 0. The Kier molecular flexibility index (Phi) is 5.82. The highest BCUT2D eigenvalue weighted by atomic mass is 35.5. The van der Waals surface area contributed by atoms with Crippen LogP contribution >= 0.6 is 22.9 Å². The Bertz CT molecular complexity index is 352. The van der Waals surface area contributed by atoms with Crippen LogP contribution in [0.4, 0.5) is 0 Å². The number of rotatable bonds is 6. The molecule has 0 amide bonds. The van der Waals surface area contributed by atoms with Crippen molar-refractivity contribution in [3.05, 3.63) is 9.47 Å². The third-order valence-electron chi connectivity index (χ3n) is 3.26. The molecule has 1 atom stereocenters. The largest absolute Gasteiger partial charge is 0.316 e. The standard InChI is InChI=1S/C12H21ClN4S/c1-2-6-17(8-10-4-3-5-14-7-10)9-11-15-16-12(13)18-11/h10,14H,2-9H2,1H3. The van der Waals surface area contributed by atoms with Gasteiger partial charge in [-0.2, -0.15) is 0 Å². The highest BCUT2D eigenvalue weighted by molar-refractivity contribution is 7.15. The van der Waals surface area contributed by atoms with Gasteiger partial charge in [0, 0.05) is 6.54 Å². The lowest BCUT2D eigenvalue weighted by atomic mass is 9.99. The Balaban J connectivity index is 1.86. The summed E-state index contributed by atoms with van der Waals surface area (Å²) in [6.45, 7) is 7.70. The molecule has 1 aromatic rings. The highest BCUT2D eigenvalue weighted by Crippen LogP contribution is 2.18. The maximum Gasteiger partial charge on any atom is 0.207 e. The third-order valence-corrected chi connectivity index (χ3v) is 4.26. The van der Waals surface area contributed by atoms with Gasteiger partial charge in [0.25, 0.3) is 0 Å². The molecule has 0 bridgehead atoms. The first-order chi connectivity index (χ1) is 8.78. The average Bonchev–Trinajstić information content (AvgIpc) is 2.76. The summed E-state index contributed by atoms with van der Waals surface area (Å²) < 4.78 is 0.542. The molecule has 18 heavy (non-hydrogen) atoms. The molecule has 4 nitrogen and oxygen atoms in total. The monoisotopic (exact) mass is 288 g/mol. The lowest BCUT2D eigenvalue weighted by molar-refractivity contribution is 0.201. The molecule has 0 aromatic carbocycles. The minimum absolute atomic E-state index is 0.542. The summed E-state index contributed by atoms with van der Waals surface area (Å²) in [6, 6.07) is 0. The summed E-state index contributed by atoms with van der Waals surface area (Å²) in [4.78, 5) is 2.48. The molecule has 102 valence electrons. The van der Waals surface area contributed by atoms with E-state index in [4.69, 9.17) is 11.6 Å². The fraction of sp³-hybridized carbons (Fsp3) is 0.833. The van der Waals surface area contributed by atoms with Gasteiger partial charge in [-0.1, -0.05) is 18.3 Å². The zero-order valence-corrected chi connectivity index (χ0v) is 12.4.